The molecule has 0 aromatic heterocycles. The lowest BCUT2D eigenvalue weighted by atomic mass is 10.0. The molecule has 18 heavy (non-hydrogen) atoms. The van der Waals surface area contributed by atoms with Crippen molar-refractivity contribution in [2.24, 2.45) is 0 Å². The Balaban J connectivity index is 1.77. The molecule has 0 N–H and O–H groups in total. The monoisotopic (exact) mass is 246 g/mol. The SMILES string of the molecule is C#CCOC(CC1CO1)c1ccc2c(c1)OCO2. The third-order valence-electron chi connectivity index (χ3n) is 3.02. The number of epoxide rings is 1. The molecule has 1 saturated heterocycles. The number of rotatable bonds is 5. The summed E-state index contributed by atoms with van der Waals surface area (Å²) < 4.78 is 21.6. The minimum atomic E-state index is -0.0527. The fourth-order valence-electron chi connectivity index (χ4n) is 2.01. The normalized spacial score (nSPS) is 21.4. The molecule has 2 unspecified atom stereocenters. The van der Waals surface area contributed by atoms with Crippen LogP contribution in [0.25, 0.3) is 0 Å². The standard InChI is InChI=1S/C14H14O4/c1-2-5-15-13(7-11-8-16-11)10-3-4-12-14(6-10)18-9-17-12/h1,3-4,6,11,13H,5,7-9H2. The zero-order chi connectivity index (χ0) is 12.4. The minimum absolute atomic E-state index is 0.0527. The van der Waals surface area contributed by atoms with Crippen LogP contribution in [-0.4, -0.2) is 26.1 Å². The maximum atomic E-state index is 5.68. The second-order valence-electron chi connectivity index (χ2n) is 4.31. The Bertz CT molecular complexity index is 473. The molecule has 1 aromatic carbocycles. The zero-order valence-corrected chi connectivity index (χ0v) is 9.93. The number of fused-ring (bicyclic) bond motifs is 1. The summed E-state index contributed by atoms with van der Waals surface area (Å²) in [7, 11) is 0. The molecule has 3 rings (SSSR count). The van der Waals surface area contributed by atoms with Crippen molar-refractivity contribution in [3.05, 3.63) is 23.8 Å². The summed E-state index contributed by atoms with van der Waals surface area (Å²) in [5.74, 6) is 4.03. The fraction of sp³-hybridized carbons (Fsp3) is 0.429. The van der Waals surface area contributed by atoms with Crippen LogP contribution in [0.3, 0.4) is 0 Å². The molecule has 2 heterocycles. The molecule has 94 valence electrons. The van der Waals surface area contributed by atoms with E-state index in [4.69, 9.17) is 25.4 Å². The molecule has 0 saturated carbocycles. The molecule has 1 fully saturated rings. The summed E-state index contributed by atoms with van der Waals surface area (Å²) in [6, 6.07) is 5.83. The maximum Gasteiger partial charge on any atom is 0.231 e. The number of benzene rings is 1. The van der Waals surface area contributed by atoms with Crippen LogP contribution in [0.1, 0.15) is 18.1 Å². The van der Waals surface area contributed by atoms with Crippen molar-refractivity contribution in [3.63, 3.8) is 0 Å². The molecular formula is C14H14O4. The number of terminal acetylenes is 1. The highest BCUT2D eigenvalue weighted by Gasteiger charge is 2.28. The first-order valence-electron chi connectivity index (χ1n) is 5.93. The highest BCUT2D eigenvalue weighted by molar-refractivity contribution is 5.45. The van der Waals surface area contributed by atoms with Gasteiger partial charge in [-0.05, 0) is 17.7 Å². The number of ether oxygens (including phenoxy) is 4. The lowest BCUT2D eigenvalue weighted by Crippen LogP contribution is -2.08. The van der Waals surface area contributed by atoms with E-state index in [2.05, 4.69) is 5.92 Å². The molecule has 0 amide bonds. The molecule has 2 aliphatic heterocycles. The summed E-state index contributed by atoms with van der Waals surface area (Å²) >= 11 is 0. The number of hydrogen-bond donors (Lipinski definition) is 0. The Morgan fingerprint density at radius 3 is 3.00 bits per heavy atom. The molecule has 4 heteroatoms. The van der Waals surface area contributed by atoms with Gasteiger partial charge >= 0.3 is 0 Å². The zero-order valence-electron chi connectivity index (χ0n) is 9.93. The first kappa shape index (κ1) is 11.4. The lowest BCUT2D eigenvalue weighted by Gasteiger charge is -2.16. The summed E-state index contributed by atoms with van der Waals surface area (Å²) in [5, 5.41) is 0. The predicted molar refractivity (Wildman–Crippen MR) is 64.4 cm³/mol. The Labute approximate surface area is 106 Å². The maximum absolute atomic E-state index is 5.68. The van der Waals surface area contributed by atoms with Gasteiger partial charge in [0, 0.05) is 6.42 Å². The molecule has 4 nitrogen and oxygen atoms in total. The van der Waals surface area contributed by atoms with Gasteiger partial charge in [-0.1, -0.05) is 12.0 Å². The lowest BCUT2D eigenvalue weighted by molar-refractivity contribution is 0.0645. The molecule has 2 aliphatic rings. The molecule has 1 aromatic rings. The van der Waals surface area contributed by atoms with Crippen LogP contribution in [0, 0.1) is 12.3 Å². The van der Waals surface area contributed by atoms with Crippen molar-refractivity contribution in [1.82, 2.24) is 0 Å². The predicted octanol–water partition coefficient (Wildman–Crippen LogP) is 1.90. The van der Waals surface area contributed by atoms with E-state index < -0.39 is 0 Å². The van der Waals surface area contributed by atoms with Crippen molar-refractivity contribution in [3.8, 4) is 23.8 Å². The van der Waals surface area contributed by atoms with Gasteiger partial charge in [0.2, 0.25) is 6.79 Å². The molecule has 0 spiro atoms. The van der Waals surface area contributed by atoms with Crippen molar-refractivity contribution in [2.45, 2.75) is 18.6 Å². The van der Waals surface area contributed by atoms with Crippen LogP contribution in [-0.2, 0) is 9.47 Å². The fourth-order valence-corrected chi connectivity index (χ4v) is 2.01. The highest BCUT2D eigenvalue weighted by Crippen LogP contribution is 2.37. The molecule has 0 bridgehead atoms. The van der Waals surface area contributed by atoms with Crippen molar-refractivity contribution in [2.75, 3.05) is 20.0 Å². The molecule has 0 radical (unpaired) electrons. The summed E-state index contributed by atoms with van der Waals surface area (Å²) in [6.07, 6.45) is 6.30. The van der Waals surface area contributed by atoms with Crippen LogP contribution >= 0.6 is 0 Å². The molecular weight excluding hydrogens is 232 g/mol. The Morgan fingerprint density at radius 1 is 1.39 bits per heavy atom. The van der Waals surface area contributed by atoms with Gasteiger partial charge in [-0.25, -0.2) is 0 Å². The van der Waals surface area contributed by atoms with E-state index in [1.54, 1.807) is 0 Å². The smallest absolute Gasteiger partial charge is 0.231 e. The molecule has 0 aliphatic carbocycles. The quantitative estimate of drug-likeness (QED) is 0.587. The van der Waals surface area contributed by atoms with Crippen molar-refractivity contribution in [1.29, 1.82) is 0 Å². The Kier molecular flexibility index (Phi) is 3.09. The third-order valence-corrected chi connectivity index (χ3v) is 3.02. The van der Waals surface area contributed by atoms with E-state index in [9.17, 15) is 0 Å². The number of hydrogen-bond acceptors (Lipinski definition) is 4. The van der Waals surface area contributed by atoms with Gasteiger partial charge in [0.1, 0.15) is 6.61 Å². The van der Waals surface area contributed by atoms with Gasteiger partial charge in [-0.3, -0.25) is 0 Å². The van der Waals surface area contributed by atoms with Crippen molar-refractivity contribution >= 4 is 0 Å². The Hall–Kier alpha value is -1.70. The van der Waals surface area contributed by atoms with Crippen LogP contribution in [0.5, 0.6) is 11.5 Å². The van der Waals surface area contributed by atoms with Gasteiger partial charge < -0.3 is 18.9 Å². The largest absolute Gasteiger partial charge is 0.454 e. The van der Waals surface area contributed by atoms with E-state index in [0.717, 1.165) is 30.1 Å². The van der Waals surface area contributed by atoms with E-state index >= 15 is 0 Å². The second kappa shape index (κ2) is 4.89. The van der Waals surface area contributed by atoms with E-state index in [-0.39, 0.29) is 19.0 Å². The summed E-state index contributed by atoms with van der Waals surface area (Å²) in [5.41, 5.74) is 1.05. The third kappa shape index (κ3) is 2.42. The van der Waals surface area contributed by atoms with E-state index in [1.807, 2.05) is 18.2 Å². The topological polar surface area (TPSA) is 40.2 Å². The highest BCUT2D eigenvalue weighted by atomic mass is 16.7. The average Bonchev–Trinajstić information content (AvgIpc) is 3.08. The van der Waals surface area contributed by atoms with Crippen LogP contribution < -0.4 is 9.47 Å². The first-order valence-corrected chi connectivity index (χ1v) is 5.93. The van der Waals surface area contributed by atoms with Gasteiger partial charge in [-0.15, -0.1) is 6.42 Å². The average molecular weight is 246 g/mol. The van der Waals surface area contributed by atoms with Crippen LogP contribution in [0.15, 0.2) is 18.2 Å². The van der Waals surface area contributed by atoms with E-state index in [0.29, 0.717) is 6.61 Å². The van der Waals surface area contributed by atoms with Crippen molar-refractivity contribution < 1.29 is 18.9 Å². The van der Waals surface area contributed by atoms with Crippen LogP contribution in [0.4, 0.5) is 0 Å². The van der Waals surface area contributed by atoms with E-state index in [1.165, 1.54) is 0 Å². The second-order valence-corrected chi connectivity index (χ2v) is 4.31. The van der Waals surface area contributed by atoms with Gasteiger partial charge in [0.25, 0.3) is 0 Å². The Morgan fingerprint density at radius 2 is 2.22 bits per heavy atom. The first-order chi connectivity index (χ1) is 8.86. The van der Waals surface area contributed by atoms with Gasteiger partial charge in [-0.2, -0.15) is 0 Å². The molecule has 2 atom stereocenters. The minimum Gasteiger partial charge on any atom is -0.454 e. The summed E-state index contributed by atoms with van der Waals surface area (Å²) in [6.45, 7) is 1.38. The van der Waals surface area contributed by atoms with Gasteiger partial charge in [0.05, 0.1) is 18.8 Å². The van der Waals surface area contributed by atoms with Gasteiger partial charge in [0.15, 0.2) is 11.5 Å². The summed E-state index contributed by atoms with van der Waals surface area (Å²) in [4.78, 5) is 0. The van der Waals surface area contributed by atoms with Crippen LogP contribution in [0.2, 0.25) is 0 Å².